The van der Waals surface area contributed by atoms with Crippen molar-refractivity contribution in [2.45, 2.75) is 52.1 Å². The third kappa shape index (κ3) is 5.19. The van der Waals surface area contributed by atoms with Crippen LogP contribution in [-0.4, -0.2) is 32.7 Å². The van der Waals surface area contributed by atoms with Gasteiger partial charge in [-0.3, -0.25) is 19.5 Å². The molecule has 22 heavy (non-hydrogen) atoms. The van der Waals surface area contributed by atoms with Crippen molar-refractivity contribution >= 4 is 13.5 Å². The zero-order chi connectivity index (χ0) is 17.1. The lowest BCUT2D eigenvalue weighted by atomic mass is 9.80. The van der Waals surface area contributed by atoms with E-state index in [0.717, 1.165) is 0 Å². The highest BCUT2D eigenvalue weighted by atomic mass is 31.2. The molecule has 0 fully saturated rings. The number of nitrogens with zero attached hydrogens (tertiary/aromatic N) is 1. The second kappa shape index (κ2) is 7.35. The van der Waals surface area contributed by atoms with Gasteiger partial charge in [0.25, 0.3) is 0 Å². The summed E-state index contributed by atoms with van der Waals surface area (Å²) in [5, 5.41) is 13.9. The summed E-state index contributed by atoms with van der Waals surface area (Å²) >= 11 is 0. The van der Waals surface area contributed by atoms with Crippen molar-refractivity contribution in [3.63, 3.8) is 0 Å². The molecule has 0 aromatic heterocycles. The minimum atomic E-state index is -4.46. The molecule has 126 valence electrons. The van der Waals surface area contributed by atoms with Crippen LogP contribution in [0.3, 0.4) is 0 Å². The van der Waals surface area contributed by atoms with Crippen LogP contribution in [0.25, 0.3) is 0 Å². The van der Waals surface area contributed by atoms with E-state index in [1.807, 2.05) is 13.8 Å². The molecule has 3 N–H and O–H groups in total. The maximum Gasteiger partial charge on any atom is 0.352 e. The first-order chi connectivity index (χ1) is 10.0. The van der Waals surface area contributed by atoms with Crippen molar-refractivity contribution in [3.05, 3.63) is 21.5 Å². The number of rotatable bonds is 6. The molecule has 3 atom stereocenters. The van der Waals surface area contributed by atoms with Crippen LogP contribution in [0.2, 0.25) is 0 Å². The Balaban J connectivity index is 3.07. The van der Waals surface area contributed by atoms with Gasteiger partial charge in [0.15, 0.2) is 0 Å². The van der Waals surface area contributed by atoms with Crippen molar-refractivity contribution < 1.29 is 24.1 Å². The molecular weight excluding hydrogens is 311 g/mol. The molecule has 0 bridgehead atoms. The van der Waals surface area contributed by atoms with Gasteiger partial charge < -0.3 is 15.1 Å². The number of carbonyl (C=O) groups is 1. The van der Waals surface area contributed by atoms with Crippen molar-refractivity contribution in [1.29, 1.82) is 0 Å². The second-order valence-corrected chi connectivity index (χ2v) is 7.79. The van der Waals surface area contributed by atoms with Gasteiger partial charge in [-0.05, 0) is 18.8 Å². The summed E-state index contributed by atoms with van der Waals surface area (Å²) in [5.74, 6) is -0.509. The summed E-state index contributed by atoms with van der Waals surface area (Å²) < 4.78 is 11.3. The topological polar surface area (TPSA) is 130 Å². The van der Waals surface area contributed by atoms with Crippen LogP contribution in [0.5, 0.6) is 0 Å². The average Bonchev–Trinajstić information content (AvgIpc) is 2.34. The summed E-state index contributed by atoms with van der Waals surface area (Å²) in [4.78, 5) is 40.6. The van der Waals surface area contributed by atoms with Crippen molar-refractivity contribution in [3.8, 4) is 0 Å². The summed E-state index contributed by atoms with van der Waals surface area (Å²) in [6.07, 6.45) is 1.86. The predicted molar refractivity (Wildman–Crippen MR) is 80.7 cm³/mol. The van der Waals surface area contributed by atoms with Crippen molar-refractivity contribution in [1.82, 2.24) is 5.32 Å². The molecule has 1 amide bonds. The fourth-order valence-corrected chi connectivity index (χ4v) is 3.66. The highest BCUT2D eigenvalue weighted by molar-refractivity contribution is 7.56. The number of allylic oxidation sites excluding steroid dienone is 1. The first-order valence-corrected chi connectivity index (χ1v) is 8.79. The number of carbonyl (C=O) groups excluding carboxylic acids is 1. The Hall–Kier alpha value is -1.24. The fraction of sp³-hybridized carbons (Fsp3) is 0.769. The molecule has 9 heteroatoms. The van der Waals surface area contributed by atoms with E-state index in [9.17, 15) is 29.3 Å². The molecule has 1 rings (SSSR count). The molecular formula is C13H23N2O6P. The van der Waals surface area contributed by atoms with Crippen LogP contribution in [0.4, 0.5) is 0 Å². The minimum Gasteiger partial charge on any atom is -0.353 e. The molecule has 0 aliphatic heterocycles. The van der Waals surface area contributed by atoms with E-state index in [4.69, 9.17) is 0 Å². The first-order valence-electron chi connectivity index (χ1n) is 7.18. The molecule has 0 spiro atoms. The maximum absolute atomic E-state index is 11.4. The molecule has 0 aromatic rings. The zero-order valence-corrected chi connectivity index (χ0v) is 13.8. The van der Waals surface area contributed by atoms with Crippen LogP contribution in [0.1, 0.15) is 40.0 Å². The Morgan fingerprint density at radius 2 is 2.14 bits per heavy atom. The molecule has 0 aromatic carbocycles. The zero-order valence-electron chi connectivity index (χ0n) is 12.9. The Morgan fingerprint density at radius 1 is 1.55 bits per heavy atom. The summed E-state index contributed by atoms with van der Waals surface area (Å²) in [6.45, 7) is 5.26. The van der Waals surface area contributed by atoms with E-state index in [1.165, 1.54) is 13.0 Å². The first kappa shape index (κ1) is 18.8. The van der Waals surface area contributed by atoms with Crippen LogP contribution >= 0.6 is 7.60 Å². The standard InChI is InChI=1S/C13H23N2O6P/c1-8(2)6-12(14-9(3)16)11-5-4-10(22(19,20)21)7-13(11)15(17)18/h4,8,11-13H,5-7H2,1-3H3,(H,14,16)(H2,19,20,21)/t11-,12-,13-/m0/s1. The Bertz CT molecular complexity index is 513. The molecule has 0 heterocycles. The SMILES string of the molecule is CC(=O)N[C@@H](CC(C)C)[C@@H]1CC=C(P(=O)(O)O)C[C@@H]1[N+](=O)[O-]. The molecule has 0 radical (unpaired) electrons. The molecule has 1 aliphatic rings. The van der Waals surface area contributed by atoms with E-state index in [2.05, 4.69) is 5.32 Å². The van der Waals surface area contributed by atoms with Gasteiger partial charge >= 0.3 is 7.60 Å². The Labute approximate surface area is 129 Å². The van der Waals surface area contributed by atoms with E-state index in [-0.39, 0.29) is 36.0 Å². The van der Waals surface area contributed by atoms with E-state index >= 15 is 0 Å². The Kier molecular flexibility index (Phi) is 6.28. The second-order valence-electron chi connectivity index (χ2n) is 6.13. The predicted octanol–water partition coefficient (Wildman–Crippen LogP) is 1.65. The molecule has 0 saturated heterocycles. The van der Waals surface area contributed by atoms with Gasteiger partial charge in [0.05, 0.1) is 5.92 Å². The lowest BCUT2D eigenvalue weighted by Gasteiger charge is -2.33. The molecule has 8 nitrogen and oxygen atoms in total. The molecule has 0 saturated carbocycles. The number of nitrogens with one attached hydrogen (secondary N) is 1. The van der Waals surface area contributed by atoms with Crippen LogP contribution in [0.15, 0.2) is 11.4 Å². The third-order valence-corrected chi connectivity index (χ3v) is 4.93. The highest BCUT2D eigenvalue weighted by Gasteiger charge is 2.43. The average molecular weight is 334 g/mol. The number of hydrogen-bond donors (Lipinski definition) is 3. The van der Waals surface area contributed by atoms with E-state index in [1.54, 1.807) is 0 Å². The van der Waals surface area contributed by atoms with Gasteiger partial charge in [-0.1, -0.05) is 19.9 Å². The van der Waals surface area contributed by atoms with Crippen LogP contribution < -0.4 is 5.32 Å². The van der Waals surface area contributed by atoms with Gasteiger partial charge in [-0.15, -0.1) is 0 Å². The van der Waals surface area contributed by atoms with Gasteiger partial charge in [0, 0.05) is 29.6 Å². The smallest absolute Gasteiger partial charge is 0.352 e. The van der Waals surface area contributed by atoms with Crippen LogP contribution in [0, 0.1) is 22.0 Å². The number of amides is 1. The summed E-state index contributed by atoms with van der Waals surface area (Å²) in [5.41, 5.74) is 0. The highest BCUT2D eigenvalue weighted by Crippen LogP contribution is 2.50. The number of hydrogen-bond acceptors (Lipinski definition) is 4. The normalized spacial score (nSPS) is 23.8. The molecule has 1 aliphatic carbocycles. The molecule has 0 unspecified atom stereocenters. The largest absolute Gasteiger partial charge is 0.353 e. The quantitative estimate of drug-likeness (QED) is 0.385. The van der Waals surface area contributed by atoms with E-state index in [0.29, 0.717) is 6.42 Å². The van der Waals surface area contributed by atoms with Gasteiger partial charge in [0.2, 0.25) is 11.9 Å². The van der Waals surface area contributed by atoms with Crippen LogP contribution in [-0.2, 0) is 9.36 Å². The minimum absolute atomic E-state index is 0.170. The van der Waals surface area contributed by atoms with Crippen molar-refractivity contribution in [2.24, 2.45) is 11.8 Å². The van der Waals surface area contributed by atoms with Gasteiger partial charge in [0.1, 0.15) is 0 Å². The lowest BCUT2D eigenvalue weighted by molar-refractivity contribution is -0.533. The monoisotopic (exact) mass is 334 g/mol. The lowest BCUT2D eigenvalue weighted by Crippen LogP contribution is -2.48. The van der Waals surface area contributed by atoms with Crippen molar-refractivity contribution in [2.75, 3.05) is 0 Å². The number of nitro groups is 1. The van der Waals surface area contributed by atoms with Gasteiger partial charge in [-0.25, -0.2) is 0 Å². The maximum atomic E-state index is 11.4. The Morgan fingerprint density at radius 3 is 2.55 bits per heavy atom. The van der Waals surface area contributed by atoms with Gasteiger partial charge in [-0.2, -0.15) is 0 Å². The summed E-state index contributed by atoms with van der Waals surface area (Å²) in [7, 11) is -4.46. The third-order valence-electron chi connectivity index (χ3n) is 3.81. The summed E-state index contributed by atoms with van der Waals surface area (Å²) in [6, 6.07) is -1.49. The van der Waals surface area contributed by atoms with E-state index < -0.39 is 24.5 Å². The fourth-order valence-electron chi connectivity index (χ4n) is 2.89.